The summed E-state index contributed by atoms with van der Waals surface area (Å²) in [5.74, 6) is -2.46. The molecule has 11 nitrogen and oxygen atoms in total. The minimum atomic E-state index is -1.86. The van der Waals surface area contributed by atoms with Gasteiger partial charge in [0.2, 0.25) is 0 Å². The van der Waals surface area contributed by atoms with Gasteiger partial charge in [-0.3, -0.25) is 9.59 Å². The Kier molecular flexibility index (Phi) is 34.5. The average molecular weight is 823 g/mol. The Balaban J connectivity index is 2.36. The van der Waals surface area contributed by atoms with Gasteiger partial charge >= 0.3 is 17.9 Å². The molecule has 0 spiro atoms. The molecule has 0 saturated carbocycles. The van der Waals surface area contributed by atoms with Crippen LogP contribution in [0.1, 0.15) is 194 Å². The van der Waals surface area contributed by atoms with E-state index < -0.39 is 61.3 Å². The highest BCUT2D eigenvalue weighted by molar-refractivity contribution is 5.73. The van der Waals surface area contributed by atoms with Gasteiger partial charge in [-0.2, -0.15) is 0 Å². The van der Waals surface area contributed by atoms with Gasteiger partial charge in [-0.25, -0.2) is 4.79 Å². The van der Waals surface area contributed by atoms with Crippen molar-refractivity contribution < 1.29 is 53.8 Å². The zero-order valence-electron chi connectivity index (χ0n) is 36.3. The number of allylic oxidation sites excluding steroid dienone is 6. The van der Waals surface area contributed by atoms with Crippen molar-refractivity contribution in [2.75, 3.05) is 13.2 Å². The van der Waals surface area contributed by atoms with Crippen LogP contribution in [0.25, 0.3) is 0 Å². The number of hydrogen-bond donors (Lipinski definition) is 4. The Morgan fingerprint density at radius 1 is 0.552 bits per heavy atom. The lowest BCUT2D eigenvalue weighted by atomic mass is 9.99. The fourth-order valence-corrected chi connectivity index (χ4v) is 6.89. The third-order valence-corrected chi connectivity index (χ3v) is 10.5. The van der Waals surface area contributed by atoms with E-state index in [4.69, 9.17) is 18.9 Å². The Morgan fingerprint density at radius 3 is 1.53 bits per heavy atom. The molecule has 1 aliphatic heterocycles. The van der Waals surface area contributed by atoms with Gasteiger partial charge in [-0.15, -0.1) is 0 Å². The van der Waals surface area contributed by atoms with E-state index in [2.05, 4.69) is 50.3 Å². The highest BCUT2D eigenvalue weighted by Crippen LogP contribution is 2.23. The third-order valence-electron chi connectivity index (χ3n) is 10.5. The van der Waals surface area contributed by atoms with Crippen molar-refractivity contribution in [2.24, 2.45) is 0 Å². The van der Waals surface area contributed by atoms with E-state index in [-0.39, 0.29) is 19.4 Å². The predicted molar refractivity (Wildman–Crippen MR) is 229 cm³/mol. The number of aliphatic carboxylic acids is 1. The number of carbonyl (C=O) groups is 3. The van der Waals surface area contributed by atoms with Gasteiger partial charge in [0.15, 0.2) is 18.5 Å². The zero-order valence-corrected chi connectivity index (χ0v) is 36.3. The molecule has 0 aromatic heterocycles. The molecule has 0 aromatic carbocycles. The lowest BCUT2D eigenvalue weighted by Crippen LogP contribution is -2.60. The summed E-state index contributed by atoms with van der Waals surface area (Å²) >= 11 is 0. The molecule has 58 heavy (non-hydrogen) atoms. The van der Waals surface area contributed by atoms with Gasteiger partial charge in [0.05, 0.1) is 6.61 Å². The fourth-order valence-electron chi connectivity index (χ4n) is 6.89. The average Bonchev–Trinajstić information content (AvgIpc) is 3.21. The van der Waals surface area contributed by atoms with Crippen LogP contribution >= 0.6 is 0 Å². The smallest absolute Gasteiger partial charge is 0.335 e. The van der Waals surface area contributed by atoms with Crippen LogP contribution in [0.5, 0.6) is 0 Å². The topological polar surface area (TPSA) is 169 Å². The molecule has 0 aromatic rings. The Labute approximate surface area is 351 Å². The van der Waals surface area contributed by atoms with Gasteiger partial charge in [-0.1, -0.05) is 172 Å². The van der Waals surface area contributed by atoms with Gasteiger partial charge < -0.3 is 39.4 Å². The van der Waals surface area contributed by atoms with E-state index >= 15 is 0 Å². The summed E-state index contributed by atoms with van der Waals surface area (Å²) in [6.07, 6.45) is 33.4. The summed E-state index contributed by atoms with van der Waals surface area (Å²) in [7, 11) is 0. The number of hydrogen-bond acceptors (Lipinski definition) is 10. The number of aliphatic hydroxyl groups excluding tert-OH is 3. The highest BCUT2D eigenvalue weighted by Gasteiger charge is 2.47. The number of esters is 2. The van der Waals surface area contributed by atoms with E-state index in [9.17, 15) is 34.8 Å². The highest BCUT2D eigenvalue weighted by atomic mass is 16.7. The largest absolute Gasteiger partial charge is 0.479 e. The number of rotatable bonds is 38. The van der Waals surface area contributed by atoms with E-state index in [0.29, 0.717) is 12.8 Å². The molecule has 1 fully saturated rings. The first-order chi connectivity index (χ1) is 28.2. The summed E-state index contributed by atoms with van der Waals surface area (Å²) in [4.78, 5) is 36.8. The Hall–Kier alpha value is -2.57. The lowest BCUT2D eigenvalue weighted by molar-refractivity contribution is -0.298. The second-order valence-corrected chi connectivity index (χ2v) is 15.9. The van der Waals surface area contributed by atoms with Crippen LogP contribution in [-0.2, 0) is 33.3 Å². The number of ether oxygens (including phenoxy) is 4. The maximum atomic E-state index is 12.8. The molecule has 1 aliphatic rings. The van der Waals surface area contributed by atoms with Crippen LogP contribution in [0.4, 0.5) is 0 Å². The van der Waals surface area contributed by atoms with Crippen molar-refractivity contribution >= 4 is 17.9 Å². The van der Waals surface area contributed by atoms with Crippen molar-refractivity contribution in [3.8, 4) is 0 Å². The number of unbranched alkanes of at least 4 members (excludes halogenated alkanes) is 21. The molecule has 11 heteroatoms. The first-order valence-electron chi connectivity index (χ1n) is 23.0. The monoisotopic (exact) mass is 823 g/mol. The predicted octanol–water partition coefficient (Wildman–Crippen LogP) is 9.98. The second-order valence-electron chi connectivity index (χ2n) is 15.9. The van der Waals surface area contributed by atoms with Crippen molar-refractivity contribution in [1.82, 2.24) is 0 Å². The van der Waals surface area contributed by atoms with Crippen LogP contribution in [0.3, 0.4) is 0 Å². The minimum Gasteiger partial charge on any atom is -0.479 e. The first-order valence-corrected chi connectivity index (χ1v) is 23.0. The summed E-state index contributed by atoms with van der Waals surface area (Å²) in [6, 6.07) is 0. The maximum absolute atomic E-state index is 12.8. The first kappa shape index (κ1) is 53.4. The molecule has 1 heterocycles. The fraction of sp³-hybridized carbons (Fsp3) is 0.809. The zero-order chi connectivity index (χ0) is 42.5. The summed E-state index contributed by atoms with van der Waals surface area (Å²) in [6.45, 7) is 3.70. The van der Waals surface area contributed by atoms with Crippen LogP contribution in [-0.4, -0.2) is 88.4 Å². The van der Waals surface area contributed by atoms with Crippen LogP contribution in [0.2, 0.25) is 0 Å². The molecular weight excluding hydrogens is 741 g/mol. The number of carboxylic acids is 1. The number of carboxylic acid groups (broad SMARTS) is 1. The molecule has 4 N–H and O–H groups in total. The standard InChI is InChI=1S/C47H82O11/c1-3-5-7-9-11-13-15-17-19-20-22-24-26-28-30-32-34-36-41(49)57-39(38-56-47-44(52)42(50)43(51)45(58-47)46(53)54)37-55-40(48)35-33-31-29-27-25-23-21-18-16-14-12-10-8-6-4-2/h6,8,12,14,18,21,39,42-45,47,50-52H,3-5,7,9-11,13,15-17,19-20,22-38H2,1-2H3,(H,53,54)/b8-6-,14-12-,21-18-. The molecule has 0 radical (unpaired) electrons. The molecule has 0 aliphatic carbocycles. The van der Waals surface area contributed by atoms with Gasteiger partial charge in [0.25, 0.3) is 0 Å². The summed E-state index contributed by atoms with van der Waals surface area (Å²) in [5.41, 5.74) is 0. The molecular formula is C47H82O11. The molecule has 6 unspecified atom stereocenters. The molecule has 6 atom stereocenters. The van der Waals surface area contributed by atoms with Crippen LogP contribution in [0.15, 0.2) is 36.5 Å². The van der Waals surface area contributed by atoms with Crippen LogP contribution in [0, 0.1) is 0 Å². The van der Waals surface area contributed by atoms with E-state index in [1.807, 2.05) is 0 Å². The Bertz CT molecular complexity index is 1110. The van der Waals surface area contributed by atoms with Gasteiger partial charge in [0.1, 0.15) is 24.9 Å². The van der Waals surface area contributed by atoms with E-state index in [0.717, 1.165) is 70.6 Å². The lowest BCUT2D eigenvalue weighted by Gasteiger charge is -2.38. The molecule has 336 valence electrons. The molecule has 1 rings (SSSR count). The minimum absolute atomic E-state index is 0.182. The summed E-state index contributed by atoms with van der Waals surface area (Å²) in [5, 5.41) is 39.8. The quantitative estimate of drug-likeness (QED) is 0.0266. The molecule has 0 bridgehead atoms. The van der Waals surface area contributed by atoms with Crippen LogP contribution < -0.4 is 0 Å². The number of aliphatic hydroxyl groups is 3. The van der Waals surface area contributed by atoms with Crippen molar-refractivity contribution in [2.45, 2.75) is 230 Å². The number of carbonyl (C=O) groups excluding carboxylic acids is 2. The van der Waals surface area contributed by atoms with Crippen molar-refractivity contribution in [3.05, 3.63) is 36.5 Å². The molecule has 0 amide bonds. The third kappa shape index (κ3) is 28.8. The summed E-state index contributed by atoms with van der Waals surface area (Å²) < 4.78 is 21.7. The van der Waals surface area contributed by atoms with Crippen molar-refractivity contribution in [3.63, 3.8) is 0 Å². The SMILES string of the molecule is CC/C=C\C/C=C\C/C=C\CCCCCCCC(=O)OCC(COC1OC(C(=O)O)C(O)C(O)C1O)OC(=O)CCCCCCCCCCCCCCCCCCC. The second kappa shape index (κ2) is 37.4. The van der Waals surface area contributed by atoms with E-state index in [1.165, 1.54) is 83.5 Å². The normalized spacial score (nSPS) is 20.3. The van der Waals surface area contributed by atoms with E-state index in [1.54, 1.807) is 0 Å². The molecule has 1 saturated heterocycles. The van der Waals surface area contributed by atoms with Gasteiger partial charge in [-0.05, 0) is 44.9 Å². The Morgan fingerprint density at radius 2 is 1.02 bits per heavy atom. The van der Waals surface area contributed by atoms with Crippen molar-refractivity contribution in [1.29, 1.82) is 0 Å². The van der Waals surface area contributed by atoms with Gasteiger partial charge in [0, 0.05) is 12.8 Å². The maximum Gasteiger partial charge on any atom is 0.335 e.